The van der Waals surface area contributed by atoms with Crippen LogP contribution in [0.3, 0.4) is 0 Å². The highest BCUT2D eigenvalue weighted by atomic mass is 16.5. The van der Waals surface area contributed by atoms with E-state index in [2.05, 4.69) is 11.7 Å². The van der Waals surface area contributed by atoms with Crippen molar-refractivity contribution < 1.29 is 14.3 Å². The fraction of sp³-hybridized carbons (Fsp3) is 0.533. The summed E-state index contributed by atoms with van der Waals surface area (Å²) in [5.41, 5.74) is 0. The number of unbranched alkanes of at least 4 members (excludes halogenated alkanes) is 1. The third-order valence-corrected chi connectivity index (χ3v) is 2.19. The van der Waals surface area contributed by atoms with Gasteiger partial charge in [0.25, 0.3) is 0 Å². The summed E-state index contributed by atoms with van der Waals surface area (Å²) in [4.78, 5) is 10.2. The molecule has 0 bridgehead atoms. The molecular formula is C15H24O3. The van der Waals surface area contributed by atoms with Crippen LogP contribution in [0.4, 0.5) is 0 Å². The first-order chi connectivity index (χ1) is 8.74. The van der Waals surface area contributed by atoms with Gasteiger partial charge in [-0.1, -0.05) is 38.5 Å². The predicted molar refractivity (Wildman–Crippen MR) is 73.8 cm³/mol. The Morgan fingerprint density at radius 1 is 1.11 bits per heavy atom. The molecule has 0 aliphatic carbocycles. The van der Waals surface area contributed by atoms with E-state index in [4.69, 9.17) is 4.74 Å². The van der Waals surface area contributed by atoms with Crippen molar-refractivity contribution in [2.75, 3.05) is 13.7 Å². The number of para-hydroxylation sites is 1. The molecule has 1 aromatic carbocycles. The number of ether oxygens (including phenoxy) is 2. The Kier molecular flexibility index (Phi) is 11.0. The summed E-state index contributed by atoms with van der Waals surface area (Å²) in [7, 11) is 1.40. The van der Waals surface area contributed by atoms with Gasteiger partial charge in [-0.2, -0.15) is 0 Å². The first-order valence-corrected chi connectivity index (χ1v) is 6.49. The molecule has 0 spiro atoms. The van der Waals surface area contributed by atoms with Gasteiger partial charge in [0.05, 0.1) is 13.7 Å². The summed E-state index contributed by atoms with van der Waals surface area (Å²) >= 11 is 0. The Balaban J connectivity index is 0.000000360. The molecule has 0 aromatic heterocycles. The van der Waals surface area contributed by atoms with E-state index >= 15 is 0 Å². The molecule has 0 aliphatic rings. The third-order valence-electron chi connectivity index (χ3n) is 2.19. The van der Waals surface area contributed by atoms with E-state index in [0.717, 1.165) is 25.2 Å². The van der Waals surface area contributed by atoms with Crippen LogP contribution in [0, 0.1) is 0 Å². The molecule has 0 radical (unpaired) electrons. The van der Waals surface area contributed by atoms with Gasteiger partial charge in [-0.15, -0.1) is 0 Å². The molecule has 1 aromatic rings. The van der Waals surface area contributed by atoms with Crippen LogP contribution >= 0.6 is 0 Å². The van der Waals surface area contributed by atoms with E-state index in [1.54, 1.807) is 0 Å². The average molecular weight is 252 g/mol. The molecule has 0 aliphatic heterocycles. The van der Waals surface area contributed by atoms with Crippen LogP contribution < -0.4 is 4.74 Å². The summed E-state index contributed by atoms with van der Waals surface area (Å²) in [5.74, 6) is 0.850. The van der Waals surface area contributed by atoms with Crippen LogP contribution in [-0.2, 0) is 9.53 Å². The van der Waals surface area contributed by atoms with Gasteiger partial charge in [0, 0.05) is 6.42 Å². The van der Waals surface area contributed by atoms with Gasteiger partial charge in [-0.05, 0) is 25.0 Å². The molecule has 1 rings (SSSR count). The van der Waals surface area contributed by atoms with Crippen molar-refractivity contribution in [3.8, 4) is 5.75 Å². The lowest BCUT2D eigenvalue weighted by Gasteiger charge is -2.03. The van der Waals surface area contributed by atoms with Gasteiger partial charge in [0.1, 0.15) is 5.75 Å². The molecule has 3 heteroatoms. The molecule has 0 saturated heterocycles. The van der Waals surface area contributed by atoms with E-state index in [1.165, 1.54) is 13.5 Å². The smallest absolute Gasteiger partial charge is 0.305 e. The van der Waals surface area contributed by atoms with Crippen molar-refractivity contribution in [1.29, 1.82) is 0 Å². The summed E-state index contributed by atoms with van der Waals surface area (Å²) in [5, 5.41) is 0. The Morgan fingerprint density at radius 3 is 2.22 bits per heavy atom. The third kappa shape index (κ3) is 9.70. The SMILES string of the molecule is CCCC(=O)OC.CCCCOc1ccccc1. The van der Waals surface area contributed by atoms with Crippen LogP contribution in [0.15, 0.2) is 30.3 Å². The van der Waals surface area contributed by atoms with Gasteiger partial charge in [-0.3, -0.25) is 4.79 Å². The second-order valence-electron chi connectivity index (χ2n) is 3.84. The monoisotopic (exact) mass is 252 g/mol. The van der Waals surface area contributed by atoms with Crippen LogP contribution in [0.1, 0.15) is 39.5 Å². The van der Waals surface area contributed by atoms with E-state index < -0.39 is 0 Å². The maximum Gasteiger partial charge on any atom is 0.305 e. The zero-order chi connectivity index (χ0) is 13.6. The lowest BCUT2D eigenvalue weighted by molar-refractivity contribution is -0.140. The van der Waals surface area contributed by atoms with Crippen LogP contribution in [0.2, 0.25) is 0 Å². The van der Waals surface area contributed by atoms with Crippen molar-refractivity contribution in [2.24, 2.45) is 0 Å². The van der Waals surface area contributed by atoms with Crippen molar-refractivity contribution in [3.05, 3.63) is 30.3 Å². The molecule has 3 nitrogen and oxygen atoms in total. The Morgan fingerprint density at radius 2 is 1.78 bits per heavy atom. The summed E-state index contributed by atoms with van der Waals surface area (Å²) in [6, 6.07) is 9.93. The number of carbonyl (C=O) groups is 1. The molecule has 0 amide bonds. The molecule has 0 atom stereocenters. The minimum absolute atomic E-state index is 0.123. The Labute approximate surface area is 110 Å². The van der Waals surface area contributed by atoms with Crippen LogP contribution in [0.5, 0.6) is 5.75 Å². The number of hydrogen-bond acceptors (Lipinski definition) is 3. The minimum Gasteiger partial charge on any atom is -0.494 e. The second kappa shape index (κ2) is 12.0. The van der Waals surface area contributed by atoms with Crippen molar-refractivity contribution >= 4 is 5.97 Å². The molecule has 102 valence electrons. The highest BCUT2D eigenvalue weighted by Gasteiger charge is 1.92. The molecule has 0 saturated carbocycles. The Hall–Kier alpha value is -1.51. The van der Waals surface area contributed by atoms with E-state index in [-0.39, 0.29) is 5.97 Å². The van der Waals surface area contributed by atoms with Crippen LogP contribution in [0.25, 0.3) is 0 Å². The zero-order valence-electron chi connectivity index (χ0n) is 11.6. The molecule has 0 fully saturated rings. The highest BCUT2D eigenvalue weighted by molar-refractivity contribution is 5.68. The fourth-order valence-corrected chi connectivity index (χ4v) is 1.16. The number of esters is 1. The lowest BCUT2D eigenvalue weighted by atomic mass is 10.3. The number of rotatable bonds is 6. The summed E-state index contributed by atoms with van der Waals surface area (Å²) < 4.78 is 9.80. The molecule has 0 N–H and O–H groups in total. The van der Waals surface area contributed by atoms with E-state index in [0.29, 0.717) is 6.42 Å². The second-order valence-corrected chi connectivity index (χ2v) is 3.84. The van der Waals surface area contributed by atoms with E-state index in [1.807, 2.05) is 37.3 Å². The first-order valence-electron chi connectivity index (χ1n) is 6.49. The van der Waals surface area contributed by atoms with Crippen LogP contribution in [-0.4, -0.2) is 19.7 Å². The summed E-state index contributed by atoms with van der Waals surface area (Å²) in [6.45, 7) is 4.94. The number of carbonyl (C=O) groups excluding carboxylic acids is 1. The van der Waals surface area contributed by atoms with Gasteiger partial charge in [-0.25, -0.2) is 0 Å². The quantitative estimate of drug-likeness (QED) is 0.570. The van der Waals surface area contributed by atoms with Gasteiger partial charge in [0.15, 0.2) is 0 Å². The molecule has 0 heterocycles. The average Bonchev–Trinajstić information content (AvgIpc) is 2.41. The standard InChI is InChI=1S/C10H14O.C5H10O2/c1-2-3-9-11-10-7-5-4-6-8-10;1-3-4-5(6)7-2/h4-8H,2-3,9H2,1H3;3-4H2,1-2H3. The number of methoxy groups -OCH3 is 1. The van der Waals surface area contributed by atoms with Gasteiger partial charge in [0.2, 0.25) is 0 Å². The molecule has 0 unspecified atom stereocenters. The summed E-state index contributed by atoms with van der Waals surface area (Å²) in [6.07, 6.45) is 3.73. The fourth-order valence-electron chi connectivity index (χ4n) is 1.16. The lowest BCUT2D eigenvalue weighted by Crippen LogP contribution is -1.97. The topological polar surface area (TPSA) is 35.5 Å². The molecule has 18 heavy (non-hydrogen) atoms. The van der Waals surface area contributed by atoms with Gasteiger partial charge < -0.3 is 9.47 Å². The molecular weight excluding hydrogens is 228 g/mol. The first kappa shape index (κ1) is 16.5. The maximum atomic E-state index is 10.2. The van der Waals surface area contributed by atoms with Crippen molar-refractivity contribution in [1.82, 2.24) is 0 Å². The number of benzene rings is 1. The van der Waals surface area contributed by atoms with Crippen molar-refractivity contribution in [3.63, 3.8) is 0 Å². The zero-order valence-corrected chi connectivity index (χ0v) is 11.6. The van der Waals surface area contributed by atoms with Gasteiger partial charge >= 0.3 is 5.97 Å². The van der Waals surface area contributed by atoms with E-state index in [9.17, 15) is 4.79 Å². The predicted octanol–water partition coefficient (Wildman–Crippen LogP) is 3.83. The normalized spacial score (nSPS) is 9.06. The largest absolute Gasteiger partial charge is 0.494 e. The maximum absolute atomic E-state index is 10.2. The Bertz CT molecular complexity index is 296. The number of hydrogen-bond donors (Lipinski definition) is 0. The highest BCUT2D eigenvalue weighted by Crippen LogP contribution is 2.08. The minimum atomic E-state index is -0.123. The van der Waals surface area contributed by atoms with Crippen molar-refractivity contribution in [2.45, 2.75) is 39.5 Å².